The summed E-state index contributed by atoms with van der Waals surface area (Å²) in [5.41, 5.74) is 18.2. The summed E-state index contributed by atoms with van der Waals surface area (Å²) in [6.07, 6.45) is 0. The third-order valence-electron chi connectivity index (χ3n) is 13.6. The number of fused-ring (bicyclic) bond motifs is 16. The fraction of sp³-hybridized carbons (Fsp3) is 0.0164. The average Bonchev–Trinajstić information content (AvgIpc) is 3.83. The molecule has 11 aromatic rings. The van der Waals surface area contributed by atoms with Gasteiger partial charge < -0.3 is 4.90 Å². The summed E-state index contributed by atoms with van der Waals surface area (Å²) in [7, 11) is 0. The van der Waals surface area contributed by atoms with Crippen LogP contribution in [0.2, 0.25) is 0 Å². The Labute approximate surface area is 361 Å². The Balaban J connectivity index is 1.08. The van der Waals surface area contributed by atoms with Gasteiger partial charge >= 0.3 is 0 Å². The molecule has 0 saturated carbocycles. The molecule has 0 aromatic heterocycles. The number of hydrogen-bond acceptors (Lipinski definition) is 1. The van der Waals surface area contributed by atoms with Crippen LogP contribution in [-0.2, 0) is 5.41 Å². The zero-order valence-electron chi connectivity index (χ0n) is 34.0. The van der Waals surface area contributed by atoms with Gasteiger partial charge in [-0.2, -0.15) is 0 Å². The molecule has 0 atom stereocenters. The first kappa shape index (κ1) is 34.8. The Bertz CT molecular complexity index is 3480. The Morgan fingerprint density at radius 2 is 0.677 bits per heavy atom. The Morgan fingerprint density at radius 3 is 1.27 bits per heavy atom. The molecule has 1 heteroatoms. The minimum Gasteiger partial charge on any atom is -0.310 e. The summed E-state index contributed by atoms with van der Waals surface area (Å²) < 4.78 is 0. The first-order valence-electron chi connectivity index (χ1n) is 21.6. The van der Waals surface area contributed by atoms with E-state index in [0.717, 1.165) is 11.4 Å². The monoisotopic (exact) mass is 785 g/mol. The number of benzene rings is 11. The first-order valence-corrected chi connectivity index (χ1v) is 21.6. The van der Waals surface area contributed by atoms with Gasteiger partial charge in [0, 0.05) is 16.9 Å². The predicted molar refractivity (Wildman–Crippen MR) is 261 cm³/mol. The fourth-order valence-electron chi connectivity index (χ4n) is 11.1. The van der Waals surface area contributed by atoms with Crippen molar-refractivity contribution in [1.29, 1.82) is 0 Å². The van der Waals surface area contributed by atoms with Crippen LogP contribution in [0.25, 0.3) is 76.8 Å². The molecule has 0 amide bonds. The lowest BCUT2D eigenvalue weighted by Gasteiger charge is -2.36. The van der Waals surface area contributed by atoms with E-state index >= 15 is 0 Å². The molecule has 0 fully saturated rings. The van der Waals surface area contributed by atoms with Gasteiger partial charge in [-0.1, -0.05) is 200 Å². The van der Waals surface area contributed by atoms with Crippen molar-refractivity contribution >= 4 is 49.4 Å². The van der Waals surface area contributed by atoms with Crippen LogP contribution >= 0.6 is 0 Å². The lowest BCUT2D eigenvalue weighted by Crippen LogP contribution is -2.28. The minimum absolute atomic E-state index is 0.508. The van der Waals surface area contributed by atoms with Crippen LogP contribution in [0.15, 0.2) is 237 Å². The van der Waals surface area contributed by atoms with E-state index in [1.807, 2.05) is 0 Å². The SMILES string of the molecule is c1ccc(-c2cccc(-c3ccc(N(c4ccc5c6ccccc6c6ccccc6c5c4)c4cccc5c4C4(c6ccccc6-c6ccccc64)c4ccccc4-5)cc3)c2)cc1. The lowest BCUT2D eigenvalue weighted by atomic mass is 9.70. The molecule has 0 N–H and O–H groups in total. The van der Waals surface area contributed by atoms with E-state index < -0.39 is 5.41 Å². The molecule has 0 heterocycles. The van der Waals surface area contributed by atoms with Crippen LogP contribution in [0.4, 0.5) is 17.1 Å². The molecule has 288 valence electrons. The molecule has 0 bridgehead atoms. The number of anilines is 3. The van der Waals surface area contributed by atoms with E-state index in [4.69, 9.17) is 0 Å². The number of rotatable bonds is 5. The van der Waals surface area contributed by atoms with Crippen LogP contribution in [0.5, 0.6) is 0 Å². The highest BCUT2D eigenvalue weighted by Gasteiger charge is 2.53. The molecular formula is C61H39N. The molecular weight excluding hydrogens is 747 g/mol. The highest BCUT2D eigenvalue weighted by Crippen LogP contribution is 2.65. The molecule has 1 nitrogen and oxygen atoms in total. The average molecular weight is 786 g/mol. The Hall–Kier alpha value is -8.00. The second-order valence-corrected chi connectivity index (χ2v) is 16.7. The normalized spacial score (nSPS) is 13.0. The van der Waals surface area contributed by atoms with Crippen LogP contribution < -0.4 is 4.90 Å². The van der Waals surface area contributed by atoms with E-state index in [1.54, 1.807) is 0 Å². The smallest absolute Gasteiger partial charge is 0.0746 e. The Morgan fingerprint density at radius 1 is 0.258 bits per heavy atom. The topological polar surface area (TPSA) is 3.24 Å². The third kappa shape index (κ3) is 4.91. The van der Waals surface area contributed by atoms with E-state index in [2.05, 4.69) is 241 Å². The second-order valence-electron chi connectivity index (χ2n) is 16.7. The van der Waals surface area contributed by atoms with E-state index in [-0.39, 0.29) is 0 Å². The molecule has 2 aliphatic carbocycles. The van der Waals surface area contributed by atoms with Gasteiger partial charge in [0.2, 0.25) is 0 Å². The van der Waals surface area contributed by atoms with Crippen molar-refractivity contribution in [2.45, 2.75) is 5.41 Å². The minimum atomic E-state index is -0.508. The summed E-state index contributed by atoms with van der Waals surface area (Å²) in [4.78, 5) is 2.53. The van der Waals surface area contributed by atoms with Crippen molar-refractivity contribution in [2.75, 3.05) is 4.90 Å². The van der Waals surface area contributed by atoms with Gasteiger partial charge in [-0.3, -0.25) is 0 Å². The number of nitrogens with zero attached hydrogens (tertiary/aromatic N) is 1. The zero-order valence-corrected chi connectivity index (χ0v) is 34.0. The molecule has 0 radical (unpaired) electrons. The van der Waals surface area contributed by atoms with Gasteiger partial charge in [0.25, 0.3) is 0 Å². The summed E-state index contributed by atoms with van der Waals surface area (Å²) in [6, 6.07) is 87.9. The molecule has 13 rings (SSSR count). The van der Waals surface area contributed by atoms with Crippen molar-refractivity contribution < 1.29 is 0 Å². The van der Waals surface area contributed by atoms with Crippen LogP contribution in [-0.4, -0.2) is 0 Å². The van der Waals surface area contributed by atoms with Gasteiger partial charge in [-0.25, -0.2) is 0 Å². The van der Waals surface area contributed by atoms with E-state index in [9.17, 15) is 0 Å². The second kappa shape index (κ2) is 13.5. The van der Waals surface area contributed by atoms with Crippen molar-refractivity contribution in [2.24, 2.45) is 0 Å². The predicted octanol–water partition coefficient (Wildman–Crippen LogP) is 16.3. The highest BCUT2D eigenvalue weighted by molar-refractivity contribution is 6.26. The summed E-state index contributed by atoms with van der Waals surface area (Å²) in [6.45, 7) is 0. The third-order valence-corrected chi connectivity index (χ3v) is 13.6. The van der Waals surface area contributed by atoms with Crippen molar-refractivity contribution in [3.8, 4) is 44.5 Å². The van der Waals surface area contributed by atoms with Gasteiger partial charge in [-0.15, -0.1) is 0 Å². The van der Waals surface area contributed by atoms with Gasteiger partial charge in [0.1, 0.15) is 0 Å². The Kier molecular flexibility index (Phi) is 7.59. The summed E-state index contributed by atoms with van der Waals surface area (Å²) in [5.74, 6) is 0. The molecule has 1 spiro atoms. The number of hydrogen-bond donors (Lipinski definition) is 0. The fourth-order valence-corrected chi connectivity index (χ4v) is 11.1. The highest BCUT2D eigenvalue weighted by atomic mass is 15.1. The molecule has 62 heavy (non-hydrogen) atoms. The molecule has 0 aliphatic heterocycles. The van der Waals surface area contributed by atoms with Gasteiger partial charge in [0.15, 0.2) is 0 Å². The first-order chi connectivity index (χ1) is 30.8. The van der Waals surface area contributed by atoms with Gasteiger partial charge in [0.05, 0.1) is 11.1 Å². The largest absolute Gasteiger partial charge is 0.310 e. The molecule has 11 aromatic carbocycles. The van der Waals surface area contributed by atoms with Crippen molar-refractivity contribution in [3.05, 3.63) is 259 Å². The molecule has 0 saturated heterocycles. The maximum absolute atomic E-state index is 2.53. The van der Waals surface area contributed by atoms with Crippen LogP contribution in [0, 0.1) is 0 Å². The summed E-state index contributed by atoms with van der Waals surface area (Å²) in [5, 5.41) is 7.60. The van der Waals surface area contributed by atoms with Crippen LogP contribution in [0.3, 0.4) is 0 Å². The standard InChI is InChI=1S/C61H39N/c1-2-16-40(17-3-1)42-18-14-19-43(38-42)41-32-34-44(35-33-41)62(45-36-37-50-48-22-5-4-20-46(48)47-21-6-7-23-49(47)55(50)39-45)59-31-15-27-54-53-26-10-13-30-58(53)61(60(54)59)56-28-11-8-24-51(56)52-25-9-12-29-57(52)61/h1-39H. The van der Waals surface area contributed by atoms with Crippen LogP contribution in [0.1, 0.15) is 22.3 Å². The maximum Gasteiger partial charge on any atom is 0.0746 e. The molecule has 2 aliphatic rings. The summed E-state index contributed by atoms with van der Waals surface area (Å²) >= 11 is 0. The lowest BCUT2D eigenvalue weighted by molar-refractivity contribution is 0.793. The van der Waals surface area contributed by atoms with E-state index in [1.165, 1.54) is 105 Å². The van der Waals surface area contributed by atoms with Crippen molar-refractivity contribution in [3.63, 3.8) is 0 Å². The van der Waals surface area contributed by atoms with Crippen molar-refractivity contribution in [1.82, 2.24) is 0 Å². The maximum atomic E-state index is 2.53. The van der Waals surface area contributed by atoms with Gasteiger partial charge in [-0.05, 0) is 130 Å². The zero-order chi connectivity index (χ0) is 40.8. The quantitative estimate of drug-likeness (QED) is 0.157. The van der Waals surface area contributed by atoms with E-state index in [0.29, 0.717) is 0 Å². The molecule has 0 unspecified atom stereocenters.